The Morgan fingerprint density at radius 3 is 2.88 bits per heavy atom. The maximum atomic E-state index is 10.2. The van der Waals surface area contributed by atoms with Crippen LogP contribution in [0, 0.1) is 11.3 Å². The lowest BCUT2D eigenvalue weighted by atomic mass is 9.84. The van der Waals surface area contributed by atoms with Gasteiger partial charge in [0.1, 0.15) is 11.1 Å². The van der Waals surface area contributed by atoms with Crippen molar-refractivity contribution in [2.75, 3.05) is 25.1 Å². The smallest absolute Gasteiger partial charge is 0.166 e. The Kier molecular flexibility index (Phi) is 4.06. The van der Waals surface area contributed by atoms with Crippen molar-refractivity contribution in [1.29, 1.82) is 5.26 Å². The number of rotatable bonds is 3. The van der Waals surface area contributed by atoms with Crippen molar-refractivity contribution in [2.24, 2.45) is 4.99 Å². The molecule has 0 amide bonds. The number of hydrogen-bond acceptors (Lipinski definition) is 6. The molecule has 5 rings (SSSR count). The second-order valence-corrected chi connectivity index (χ2v) is 7.59. The van der Waals surface area contributed by atoms with E-state index in [1.54, 1.807) is 29.7 Å². The molecule has 0 spiro atoms. The minimum absolute atomic E-state index is 0.0145. The molecular weight excluding hydrogens is 358 g/mol. The van der Waals surface area contributed by atoms with Gasteiger partial charge in [0.2, 0.25) is 0 Å². The van der Waals surface area contributed by atoms with Gasteiger partial charge in [-0.3, -0.25) is 0 Å². The van der Waals surface area contributed by atoms with E-state index in [2.05, 4.69) is 16.0 Å². The number of fused-ring (bicyclic) bond motifs is 2. The number of ether oxygens (including phenoxy) is 1. The van der Waals surface area contributed by atoms with Crippen LogP contribution in [0.4, 0.5) is 10.0 Å². The van der Waals surface area contributed by atoms with Gasteiger partial charge >= 0.3 is 0 Å². The Labute approximate surface area is 154 Å². The highest BCUT2D eigenvalue weighted by Gasteiger charge is 2.36. The minimum atomic E-state index is -0.0145. The average molecular weight is 374 g/mol. The topological polar surface area (TPSA) is 68.8 Å². The first-order valence-electron chi connectivity index (χ1n) is 8.04. The summed E-state index contributed by atoms with van der Waals surface area (Å²) in [5, 5.41) is 22.2. The Balaban J connectivity index is 1.76. The first-order chi connectivity index (χ1) is 12.1. The molecule has 0 radical (unpaired) electrons. The molecule has 2 aromatic rings. The lowest BCUT2D eigenvalue weighted by Crippen LogP contribution is -2.37. The number of methoxy groups -OCH3 is 1. The molecule has 1 fully saturated rings. The first-order valence-corrected chi connectivity index (χ1v) is 9.24. The van der Waals surface area contributed by atoms with Gasteiger partial charge in [-0.05, 0) is 24.8 Å². The molecule has 5 nitrogen and oxygen atoms in total. The molecule has 1 saturated heterocycles. The summed E-state index contributed by atoms with van der Waals surface area (Å²) >= 11 is 7.61. The molecule has 0 atom stereocenters. The number of anilines is 1. The van der Waals surface area contributed by atoms with E-state index >= 15 is 0 Å². The van der Waals surface area contributed by atoms with E-state index in [-0.39, 0.29) is 5.75 Å². The van der Waals surface area contributed by atoms with Gasteiger partial charge in [0, 0.05) is 41.5 Å². The number of benzene rings is 1. The summed E-state index contributed by atoms with van der Waals surface area (Å²) in [4.78, 5) is 6.84. The molecule has 1 N–H and O–H groups in total. The molecule has 1 aromatic carbocycles. The van der Waals surface area contributed by atoms with Gasteiger partial charge in [-0.25, -0.2) is 4.99 Å². The van der Waals surface area contributed by atoms with E-state index in [1.165, 1.54) is 12.1 Å². The predicted molar refractivity (Wildman–Crippen MR) is 100 cm³/mol. The maximum absolute atomic E-state index is 10.2. The summed E-state index contributed by atoms with van der Waals surface area (Å²) in [5.74, 6) is 0.748. The molecule has 1 aromatic heterocycles. The highest BCUT2D eigenvalue weighted by atomic mass is 35.5. The van der Waals surface area contributed by atoms with Crippen molar-refractivity contribution in [2.45, 2.75) is 18.8 Å². The number of piperidine rings is 1. The molecule has 0 aliphatic carbocycles. The Bertz CT molecular complexity index is 908. The monoisotopic (exact) mass is 373 g/mol. The van der Waals surface area contributed by atoms with E-state index in [9.17, 15) is 10.4 Å². The van der Waals surface area contributed by atoms with Crippen LogP contribution < -0.4 is 9.64 Å². The highest BCUT2D eigenvalue weighted by molar-refractivity contribution is 7.20. The van der Waals surface area contributed by atoms with Gasteiger partial charge in [-0.15, -0.1) is 0 Å². The highest BCUT2D eigenvalue weighted by Crippen LogP contribution is 2.52. The zero-order chi connectivity index (χ0) is 17.6. The summed E-state index contributed by atoms with van der Waals surface area (Å²) < 4.78 is 5.11. The predicted octanol–water partition coefficient (Wildman–Crippen LogP) is 4.44. The number of nitrogens with zero attached hydrogens (tertiary/aromatic N) is 3. The van der Waals surface area contributed by atoms with Crippen molar-refractivity contribution in [3.63, 3.8) is 0 Å². The standard InChI is InChI=1S/C18H16ClN3O2S/c1-24-14-7-12(19)6-11(16(14)23)9-21-17-13(8-20)15-10-2-4-22(5-3-10)18(15)25-17/h6-7,9-10,23H,2-5H2,1H3/b21-9+. The fourth-order valence-electron chi connectivity index (χ4n) is 3.58. The average Bonchev–Trinajstić information content (AvgIpc) is 3.03. The molecule has 2 bridgehead atoms. The number of thiophene rings is 1. The number of aliphatic imine (C=N–C) groups is 1. The number of halogens is 1. The van der Waals surface area contributed by atoms with Crippen LogP contribution in [0.15, 0.2) is 17.1 Å². The molecule has 7 heteroatoms. The largest absolute Gasteiger partial charge is 0.504 e. The maximum Gasteiger partial charge on any atom is 0.166 e. The summed E-state index contributed by atoms with van der Waals surface area (Å²) in [7, 11) is 1.47. The Hall–Kier alpha value is -2.23. The van der Waals surface area contributed by atoms with Crippen molar-refractivity contribution in [3.8, 4) is 17.6 Å². The molecule has 3 aliphatic rings. The van der Waals surface area contributed by atoms with Gasteiger partial charge in [-0.2, -0.15) is 5.26 Å². The SMILES string of the molecule is COc1cc(Cl)cc(/C=N/c2sc3c(c2C#N)C2CCN3CC2)c1O. The molecular formula is C18H16ClN3O2S. The van der Waals surface area contributed by atoms with Crippen LogP contribution in [0.25, 0.3) is 0 Å². The second-order valence-electron chi connectivity index (χ2n) is 6.18. The first kappa shape index (κ1) is 16.2. The summed E-state index contributed by atoms with van der Waals surface area (Å²) in [6.07, 6.45) is 3.75. The van der Waals surface area contributed by atoms with Crippen LogP contribution in [0.5, 0.6) is 11.5 Å². The van der Waals surface area contributed by atoms with E-state index in [0.29, 0.717) is 32.8 Å². The van der Waals surface area contributed by atoms with Gasteiger partial charge in [0.25, 0.3) is 0 Å². The van der Waals surface area contributed by atoms with E-state index in [1.807, 2.05) is 0 Å². The second kappa shape index (κ2) is 6.25. The van der Waals surface area contributed by atoms with Crippen molar-refractivity contribution in [1.82, 2.24) is 0 Å². The van der Waals surface area contributed by atoms with Gasteiger partial charge in [0.15, 0.2) is 11.5 Å². The zero-order valence-electron chi connectivity index (χ0n) is 13.6. The minimum Gasteiger partial charge on any atom is -0.504 e. The zero-order valence-corrected chi connectivity index (χ0v) is 15.2. The van der Waals surface area contributed by atoms with Gasteiger partial charge in [0.05, 0.1) is 17.7 Å². The van der Waals surface area contributed by atoms with Crippen LogP contribution >= 0.6 is 22.9 Å². The third-order valence-electron chi connectivity index (χ3n) is 4.82. The van der Waals surface area contributed by atoms with E-state index in [4.69, 9.17) is 16.3 Å². The molecule has 25 heavy (non-hydrogen) atoms. The van der Waals surface area contributed by atoms with Crippen molar-refractivity contribution < 1.29 is 9.84 Å². The Morgan fingerprint density at radius 2 is 2.20 bits per heavy atom. The lowest BCUT2D eigenvalue weighted by Gasteiger charge is -2.39. The van der Waals surface area contributed by atoms with E-state index in [0.717, 1.165) is 31.5 Å². The summed E-state index contributed by atoms with van der Waals surface area (Å²) in [6.45, 7) is 2.11. The number of phenols is 1. The van der Waals surface area contributed by atoms with E-state index < -0.39 is 0 Å². The Morgan fingerprint density at radius 1 is 1.44 bits per heavy atom. The molecule has 0 unspecified atom stereocenters. The van der Waals surface area contributed by atoms with Crippen molar-refractivity contribution in [3.05, 3.63) is 33.8 Å². The van der Waals surface area contributed by atoms with Gasteiger partial charge < -0.3 is 14.7 Å². The molecule has 128 valence electrons. The number of phenolic OH excluding ortho intramolecular Hbond substituents is 1. The summed E-state index contributed by atoms with van der Waals surface area (Å²) in [6, 6.07) is 5.50. The number of nitriles is 1. The molecule has 4 heterocycles. The van der Waals surface area contributed by atoms with Crippen molar-refractivity contribution >= 4 is 39.2 Å². The third kappa shape index (κ3) is 2.64. The fourth-order valence-corrected chi connectivity index (χ4v) is 5.03. The van der Waals surface area contributed by atoms with Crippen LogP contribution in [-0.2, 0) is 0 Å². The normalized spacial score (nSPS) is 16.3. The van der Waals surface area contributed by atoms with Crippen LogP contribution in [0.1, 0.15) is 35.4 Å². The fraction of sp³-hybridized carbons (Fsp3) is 0.333. The third-order valence-corrected chi connectivity index (χ3v) is 6.21. The van der Waals surface area contributed by atoms with Gasteiger partial charge in [-0.1, -0.05) is 22.9 Å². The molecule has 0 saturated carbocycles. The lowest BCUT2D eigenvalue weighted by molar-refractivity contribution is 0.373. The number of aromatic hydroxyl groups is 1. The molecule has 3 aliphatic heterocycles. The summed E-state index contributed by atoms with van der Waals surface area (Å²) in [5.41, 5.74) is 2.28. The van der Waals surface area contributed by atoms with Crippen LogP contribution in [0.2, 0.25) is 5.02 Å². The van der Waals surface area contributed by atoms with Crippen LogP contribution in [-0.4, -0.2) is 31.5 Å². The van der Waals surface area contributed by atoms with Crippen LogP contribution in [0.3, 0.4) is 0 Å². The quantitative estimate of drug-likeness (QED) is 0.808. The number of hydrogen-bond donors (Lipinski definition) is 1.